The van der Waals surface area contributed by atoms with Gasteiger partial charge in [0, 0.05) is 12.6 Å². The highest BCUT2D eigenvalue weighted by Crippen LogP contribution is 2.26. The Labute approximate surface area is 98.1 Å². The van der Waals surface area contributed by atoms with E-state index in [1.54, 1.807) is 0 Å². The van der Waals surface area contributed by atoms with E-state index in [4.69, 9.17) is 5.11 Å². The summed E-state index contributed by atoms with van der Waals surface area (Å²) in [5, 5.41) is 21.1. The van der Waals surface area contributed by atoms with Crippen molar-refractivity contribution in [3.8, 4) is 5.75 Å². The van der Waals surface area contributed by atoms with Crippen LogP contribution in [0.5, 0.6) is 5.75 Å². The molecule has 0 bridgehead atoms. The van der Waals surface area contributed by atoms with E-state index in [2.05, 4.69) is 5.32 Å². The largest absolute Gasteiger partial charge is 0.507 e. The first-order valence-electron chi connectivity index (χ1n) is 5.51. The van der Waals surface area contributed by atoms with E-state index in [1.165, 1.54) is 6.07 Å². The summed E-state index contributed by atoms with van der Waals surface area (Å²) < 4.78 is 12.7. The number of hydrogen-bond donors (Lipinski definition) is 3. The van der Waals surface area contributed by atoms with E-state index in [-0.39, 0.29) is 23.3 Å². The minimum absolute atomic E-state index is 0.0614. The van der Waals surface area contributed by atoms with Crippen LogP contribution in [0.15, 0.2) is 18.2 Å². The Morgan fingerprint density at radius 2 is 2.18 bits per heavy atom. The van der Waals surface area contributed by atoms with Gasteiger partial charge in [-0.15, -0.1) is 0 Å². The predicted octanol–water partition coefficient (Wildman–Crippen LogP) is 1.03. The van der Waals surface area contributed by atoms with Crippen molar-refractivity contribution in [1.82, 2.24) is 5.32 Å². The summed E-state index contributed by atoms with van der Waals surface area (Å²) in [5.74, 6) is -1.09. The standard InChI is InChI=1S/C12H14FNO3/c13-8-1-2-10(11(16)5-8)12(17)14-6-7-3-9(15)4-7/h1-2,5,7,9,15-16H,3-4,6H2,(H,14,17). The zero-order valence-corrected chi connectivity index (χ0v) is 9.19. The molecular formula is C12H14FNO3. The zero-order chi connectivity index (χ0) is 12.4. The molecule has 3 N–H and O–H groups in total. The molecule has 5 heteroatoms. The first-order valence-corrected chi connectivity index (χ1v) is 5.51. The van der Waals surface area contributed by atoms with E-state index >= 15 is 0 Å². The Hall–Kier alpha value is -1.62. The van der Waals surface area contributed by atoms with Gasteiger partial charge in [0.2, 0.25) is 0 Å². The van der Waals surface area contributed by atoms with E-state index in [9.17, 15) is 14.3 Å². The van der Waals surface area contributed by atoms with Crippen molar-refractivity contribution < 1.29 is 19.4 Å². The maximum absolute atomic E-state index is 12.7. The molecule has 1 aromatic carbocycles. The molecule has 1 aromatic rings. The normalized spacial score (nSPS) is 22.9. The van der Waals surface area contributed by atoms with Crippen molar-refractivity contribution in [3.63, 3.8) is 0 Å². The van der Waals surface area contributed by atoms with Crippen molar-refractivity contribution in [2.24, 2.45) is 5.92 Å². The SMILES string of the molecule is O=C(NCC1CC(O)C1)c1ccc(F)cc1O. The van der Waals surface area contributed by atoms with E-state index in [1.807, 2.05) is 0 Å². The highest BCUT2D eigenvalue weighted by molar-refractivity contribution is 5.96. The molecule has 1 aliphatic rings. The molecule has 92 valence electrons. The molecule has 1 saturated carbocycles. The van der Waals surface area contributed by atoms with Crippen LogP contribution in [-0.4, -0.2) is 28.8 Å². The number of benzene rings is 1. The Kier molecular flexibility index (Phi) is 3.28. The number of aromatic hydroxyl groups is 1. The third-order valence-electron chi connectivity index (χ3n) is 2.97. The first kappa shape index (κ1) is 11.9. The van der Waals surface area contributed by atoms with Crippen molar-refractivity contribution in [3.05, 3.63) is 29.6 Å². The summed E-state index contributed by atoms with van der Waals surface area (Å²) in [6, 6.07) is 3.28. The lowest BCUT2D eigenvalue weighted by atomic mass is 9.82. The number of nitrogens with one attached hydrogen (secondary N) is 1. The molecule has 0 spiro atoms. The third kappa shape index (κ3) is 2.74. The van der Waals surface area contributed by atoms with Gasteiger partial charge in [0.1, 0.15) is 11.6 Å². The number of aliphatic hydroxyl groups excluding tert-OH is 1. The average molecular weight is 239 g/mol. The summed E-state index contributed by atoms with van der Waals surface area (Å²) in [7, 11) is 0. The van der Waals surface area contributed by atoms with Crippen molar-refractivity contribution >= 4 is 5.91 Å². The number of hydrogen-bond acceptors (Lipinski definition) is 3. The fourth-order valence-corrected chi connectivity index (χ4v) is 1.90. The second-order valence-corrected chi connectivity index (χ2v) is 4.36. The van der Waals surface area contributed by atoms with Gasteiger partial charge in [-0.1, -0.05) is 0 Å². The average Bonchev–Trinajstić information content (AvgIpc) is 2.22. The summed E-state index contributed by atoms with van der Waals surface area (Å²) in [6.45, 7) is 0.465. The maximum atomic E-state index is 12.7. The van der Waals surface area contributed by atoms with Crippen LogP contribution in [0.3, 0.4) is 0 Å². The van der Waals surface area contributed by atoms with E-state index in [0.29, 0.717) is 19.4 Å². The molecule has 1 amide bonds. The number of carbonyl (C=O) groups excluding carboxylic acids is 1. The van der Waals surface area contributed by atoms with Crippen LogP contribution in [0, 0.1) is 11.7 Å². The van der Waals surface area contributed by atoms with Gasteiger partial charge in [0.25, 0.3) is 5.91 Å². The van der Waals surface area contributed by atoms with Gasteiger partial charge < -0.3 is 15.5 Å². The quantitative estimate of drug-likeness (QED) is 0.738. The molecule has 0 atom stereocenters. The second-order valence-electron chi connectivity index (χ2n) is 4.36. The number of phenolic OH excluding ortho intramolecular Hbond substituents is 1. The van der Waals surface area contributed by atoms with Crippen LogP contribution >= 0.6 is 0 Å². The van der Waals surface area contributed by atoms with Gasteiger partial charge in [-0.2, -0.15) is 0 Å². The predicted molar refractivity (Wildman–Crippen MR) is 59.1 cm³/mol. The number of carbonyl (C=O) groups is 1. The topological polar surface area (TPSA) is 69.6 Å². The number of amides is 1. The molecule has 0 heterocycles. The Morgan fingerprint density at radius 1 is 1.47 bits per heavy atom. The number of aliphatic hydroxyl groups is 1. The van der Waals surface area contributed by atoms with Gasteiger partial charge in [0.15, 0.2) is 0 Å². The smallest absolute Gasteiger partial charge is 0.255 e. The molecule has 1 fully saturated rings. The molecular weight excluding hydrogens is 225 g/mol. The van der Waals surface area contributed by atoms with Gasteiger partial charge in [-0.3, -0.25) is 4.79 Å². The number of halogens is 1. The van der Waals surface area contributed by atoms with Crippen molar-refractivity contribution in [2.75, 3.05) is 6.54 Å². The molecule has 0 radical (unpaired) electrons. The summed E-state index contributed by atoms with van der Waals surface area (Å²) in [5.41, 5.74) is 0.0614. The molecule has 2 rings (SSSR count). The van der Waals surface area contributed by atoms with Crippen LogP contribution in [0.4, 0.5) is 4.39 Å². The molecule has 0 unspecified atom stereocenters. The van der Waals surface area contributed by atoms with Crippen LogP contribution < -0.4 is 5.32 Å². The number of rotatable bonds is 3. The van der Waals surface area contributed by atoms with E-state index < -0.39 is 11.7 Å². The number of phenols is 1. The molecule has 17 heavy (non-hydrogen) atoms. The summed E-state index contributed by atoms with van der Waals surface area (Å²) in [6.07, 6.45) is 1.13. The lowest BCUT2D eigenvalue weighted by Crippen LogP contribution is -2.38. The fraction of sp³-hybridized carbons (Fsp3) is 0.417. The zero-order valence-electron chi connectivity index (χ0n) is 9.19. The summed E-state index contributed by atoms with van der Waals surface area (Å²) >= 11 is 0. The highest BCUT2D eigenvalue weighted by atomic mass is 19.1. The fourth-order valence-electron chi connectivity index (χ4n) is 1.90. The van der Waals surface area contributed by atoms with Gasteiger partial charge >= 0.3 is 0 Å². The van der Waals surface area contributed by atoms with Crippen LogP contribution in [0.25, 0.3) is 0 Å². The molecule has 0 saturated heterocycles. The summed E-state index contributed by atoms with van der Waals surface area (Å²) in [4.78, 5) is 11.6. The van der Waals surface area contributed by atoms with Crippen LogP contribution in [-0.2, 0) is 0 Å². The molecule has 4 nitrogen and oxygen atoms in total. The second kappa shape index (κ2) is 4.71. The Bertz CT molecular complexity index is 430. The van der Waals surface area contributed by atoms with Crippen LogP contribution in [0.2, 0.25) is 0 Å². The monoisotopic (exact) mass is 239 g/mol. The van der Waals surface area contributed by atoms with E-state index in [0.717, 1.165) is 12.1 Å². The highest BCUT2D eigenvalue weighted by Gasteiger charge is 2.27. The van der Waals surface area contributed by atoms with Crippen LogP contribution in [0.1, 0.15) is 23.2 Å². The van der Waals surface area contributed by atoms with Crippen molar-refractivity contribution in [1.29, 1.82) is 0 Å². The van der Waals surface area contributed by atoms with Gasteiger partial charge in [0.05, 0.1) is 11.7 Å². The molecule has 0 aromatic heterocycles. The van der Waals surface area contributed by atoms with Gasteiger partial charge in [-0.25, -0.2) is 4.39 Å². The maximum Gasteiger partial charge on any atom is 0.255 e. The molecule has 1 aliphatic carbocycles. The van der Waals surface area contributed by atoms with Crippen molar-refractivity contribution in [2.45, 2.75) is 18.9 Å². The minimum atomic E-state index is -0.582. The Balaban J connectivity index is 1.91. The molecule has 0 aliphatic heterocycles. The minimum Gasteiger partial charge on any atom is -0.507 e. The third-order valence-corrected chi connectivity index (χ3v) is 2.97. The lowest BCUT2D eigenvalue weighted by molar-refractivity contribution is 0.0420. The van der Waals surface area contributed by atoms with Gasteiger partial charge in [-0.05, 0) is 30.9 Å². The lowest BCUT2D eigenvalue weighted by Gasteiger charge is -2.31. The Morgan fingerprint density at radius 3 is 2.76 bits per heavy atom. The first-order chi connectivity index (χ1) is 8.06.